The van der Waals surface area contributed by atoms with Crippen LogP contribution in [0.2, 0.25) is 0 Å². The van der Waals surface area contributed by atoms with Crippen LogP contribution in [0, 0.1) is 6.92 Å². The maximum atomic E-state index is 6.06. The first kappa shape index (κ1) is 33.2. The molecule has 0 bridgehead atoms. The van der Waals surface area contributed by atoms with Gasteiger partial charge in [0, 0.05) is 68.9 Å². The Labute approximate surface area is 312 Å². The van der Waals surface area contributed by atoms with Crippen molar-refractivity contribution in [3.05, 3.63) is 145 Å². The van der Waals surface area contributed by atoms with E-state index in [4.69, 9.17) is 14.1 Å². The maximum Gasteiger partial charge on any atom is 0.248 e. The number of para-hydroxylation sites is 1. The summed E-state index contributed by atoms with van der Waals surface area (Å²) in [7, 11) is 0. The lowest BCUT2D eigenvalue weighted by atomic mass is 10.1. The number of ether oxygens (including phenoxy) is 1. The SMILES string of the molecule is Cc1ccc(-c2nnc(-c3ccc(OCCCCCCn4c5ccccc5c5cc(C=Nc6cc7cccnc7c7ncccc67)ccc54)cc3)o2)cc1. The molecule has 9 rings (SSSR count). The molecule has 0 aliphatic rings. The third kappa shape index (κ3) is 6.70. The molecule has 0 amide bonds. The molecule has 0 N–H and O–H groups in total. The smallest absolute Gasteiger partial charge is 0.248 e. The maximum absolute atomic E-state index is 6.06. The molecule has 0 saturated heterocycles. The van der Waals surface area contributed by atoms with E-state index in [-0.39, 0.29) is 0 Å². The van der Waals surface area contributed by atoms with Crippen molar-refractivity contribution in [3.63, 3.8) is 0 Å². The third-order valence-corrected chi connectivity index (χ3v) is 9.96. The van der Waals surface area contributed by atoms with Crippen molar-refractivity contribution in [2.24, 2.45) is 4.99 Å². The van der Waals surface area contributed by atoms with Gasteiger partial charge in [-0.1, -0.05) is 60.9 Å². The molecule has 4 aromatic heterocycles. The number of aliphatic imine (C=N–C) groups is 1. The lowest BCUT2D eigenvalue weighted by Crippen LogP contribution is -2.00. The zero-order valence-electron chi connectivity index (χ0n) is 30.0. The fraction of sp³-hybridized carbons (Fsp3) is 0.152. The highest BCUT2D eigenvalue weighted by atomic mass is 16.5. The van der Waals surface area contributed by atoms with Crippen LogP contribution in [0.1, 0.15) is 36.8 Å². The number of aromatic nitrogens is 5. The zero-order chi connectivity index (χ0) is 36.3. The van der Waals surface area contributed by atoms with E-state index < -0.39 is 0 Å². The van der Waals surface area contributed by atoms with Gasteiger partial charge in [-0.15, -0.1) is 10.2 Å². The quantitative estimate of drug-likeness (QED) is 0.0713. The van der Waals surface area contributed by atoms with Gasteiger partial charge in [-0.25, -0.2) is 0 Å². The van der Waals surface area contributed by atoms with Crippen LogP contribution in [0.25, 0.3) is 66.5 Å². The minimum atomic E-state index is 0.497. The van der Waals surface area contributed by atoms with E-state index in [1.165, 1.54) is 27.4 Å². The highest BCUT2D eigenvalue weighted by Gasteiger charge is 2.13. The molecule has 0 aliphatic carbocycles. The summed E-state index contributed by atoms with van der Waals surface area (Å²) < 4.78 is 14.5. The lowest BCUT2D eigenvalue weighted by Gasteiger charge is -2.09. The molecular weight excluding hydrogens is 669 g/mol. The molecule has 0 radical (unpaired) electrons. The van der Waals surface area contributed by atoms with Gasteiger partial charge in [0.15, 0.2) is 0 Å². The Morgan fingerprint density at radius 2 is 1.35 bits per heavy atom. The molecule has 0 unspecified atom stereocenters. The van der Waals surface area contributed by atoms with E-state index in [0.29, 0.717) is 18.4 Å². The first-order valence-corrected chi connectivity index (χ1v) is 18.5. The normalized spacial score (nSPS) is 11.8. The molecule has 0 fully saturated rings. The Morgan fingerprint density at radius 3 is 2.19 bits per heavy atom. The Morgan fingerprint density at radius 1 is 0.648 bits per heavy atom. The summed E-state index contributed by atoms with van der Waals surface area (Å²) in [6.07, 6.45) is 9.91. The fourth-order valence-corrected chi connectivity index (χ4v) is 7.16. The molecule has 8 heteroatoms. The standard InChI is InChI=1S/C46H38N6O2/c1-31-14-17-33(18-15-31)45-50-51-46(54-45)34-19-21-36(22-20-34)53-27-7-3-2-6-26-52-41-13-5-4-11-37(41)39-28-32(16-23-42(39)52)30-49-40-29-35-10-8-24-47-43(35)44-38(40)12-9-25-48-44/h4-5,8-25,28-30H,2-3,6-7,26-27H2,1H3. The van der Waals surface area contributed by atoms with Crippen LogP contribution in [0.5, 0.6) is 5.75 Å². The van der Waals surface area contributed by atoms with Crippen LogP contribution in [0.3, 0.4) is 0 Å². The number of fused-ring (bicyclic) bond motifs is 6. The molecule has 0 spiro atoms. The molecule has 8 nitrogen and oxygen atoms in total. The number of hydrogen-bond acceptors (Lipinski definition) is 7. The highest BCUT2D eigenvalue weighted by Crippen LogP contribution is 2.33. The van der Waals surface area contributed by atoms with Crippen molar-refractivity contribution in [3.8, 4) is 28.7 Å². The van der Waals surface area contributed by atoms with E-state index in [0.717, 1.165) is 82.2 Å². The van der Waals surface area contributed by atoms with E-state index in [1.54, 1.807) is 0 Å². The first-order valence-electron chi connectivity index (χ1n) is 18.5. The molecule has 0 saturated carbocycles. The molecule has 54 heavy (non-hydrogen) atoms. The van der Waals surface area contributed by atoms with Crippen molar-refractivity contribution in [1.82, 2.24) is 24.7 Å². The Balaban J connectivity index is 0.811. The van der Waals surface area contributed by atoms with E-state index in [2.05, 4.69) is 92.3 Å². The molecule has 5 aromatic carbocycles. The lowest BCUT2D eigenvalue weighted by molar-refractivity contribution is 0.304. The molecule has 4 heterocycles. The van der Waals surface area contributed by atoms with E-state index in [1.807, 2.05) is 79.3 Å². The van der Waals surface area contributed by atoms with E-state index >= 15 is 0 Å². The molecule has 0 aliphatic heterocycles. The van der Waals surface area contributed by atoms with Gasteiger partial charge in [-0.3, -0.25) is 15.0 Å². The number of hydrogen-bond donors (Lipinski definition) is 0. The number of unbranched alkanes of at least 4 members (excludes halogenated alkanes) is 3. The average molecular weight is 707 g/mol. The van der Waals surface area contributed by atoms with Gasteiger partial charge in [0.2, 0.25) is 11.8 Å². The highest BCUT2D eigenvalue weighted by molar-refractivity contribution is 6.11. The van der Waals surface area contributed by atoms with Crippen molar-refractivity contribution in [1.29, 1.82) is 0 Å². The van der Waals surface area contributed by atoms with Crippen molar-refractivity contribution in [2.75, 3.05) is 6.61 Å². The van der Waals surface area contributed by atoms with Crippen LogP contribution >= 0.6 is 0 Å². The van der Waals surface area contributed by atoms with Crippen molar-refractivity contribution in [2.45, 2.75) is 39.2 Å². The number of rotatable bonds is 12. The molecule has 9 aromatic rings. The first-order chi connectivity index (χ1) is 26.7. The van der Waals surface area contributed by atoms with Crippen molar-refractivity contribution >= 4 is 55.5 Å². The number of benzene rings is 5. The van der Waals surface area contributed by atoms with Crippen LogP contribution in [-0.2, 0) is 6.54 Å². The average Bonchev–Trinajstić information content (AvgIpc) is 3.84. The Kier molecular flexibility index (Phi) is 9.07. The summed E-state index contributed by atoms with van der Waals surface area (Å²) >= 11 is 0. The Bertz CT molecular complexity index is 2770. The minimum Gasteiger partial charge on any atom is -0.494 e. The van der Waals surface area contributed by atoms with Crippen LogP contribution < -0.4 is 4.74 Å². The summed E-state index contributed by atoms with van der Waals surface area (Å²) in [5, 5.41) is 13.0. The topological polar surface area (TPSA) is 91.2 Å². The minimum absolute atomic E-state index is 0.497. The second-order valence-electron chi connectivity index (χ2n) is 13.6. The van der Waals surface area contributed by atoms with Gasteiger partial charge in [0.1, 0.15) is 5.75 Å². The second kappa shape index (κ2) is 14.8. The summed E-state index contributed by atoms with van der Waals surface area (Å²) in [6, 6.07) is 41.4. The van der Waals surface area contributed by atoms with Gasteiger partial charge >= 0.3 is 0 Å². The predicted molar refractivity (Wildman–Crippen MR) is 218 cm³/mol. The zero-order valence-corrected chi connectivity index (χ0v) is 30.0. The fourth-order valence-electron chi connectivity index (χ4n) is 7.16. The van der Waals surface area contributed by atoms with Gasteiger partial charge in [0.05, 0.1) is 23.3 Å². The Hall–Kier alpha value is -6.67. The largest absolute Gasteiger partial charge is 0.494 e. The monoisotopic (exact) mass is 706 g/mol. The van der Waals surface area contributed by atoms with Crippen LogP contribution in [0.15, 0.2) is 143 Å². The summed E-state index contributed by atoms with van der Waals surface area (Å²) in [4.78, 5) is 14.2. The van der Waals surface area contributed by atoms with Crippen molar-refractivity contribution < 1.29 is 9.15 Å². The predicted octanol–water partition coefficient (Wildman–Crippen LogP) is 11.3. The molecular formula is C46H38N6O2. The number of aryl methyl sites for hydroxylation is 2. The van der Waals surface area contributed by atoms with Gasteiger partial charge < -0.3 is 13.7 Å². The molecule has 264 valence electrons. The summed E-state index contributed by atoms with van der Waals surface area (Å²) in [5.41, 5.74) is 9.19. The second-order valence-corrected chi connectivity index (χ2v) is 13.6. The summed E-state index contributed by atoms with van der Waals surface area (Å²) in [5.74, 6) is 1.85. The third-order valence-electron chi connectivity index (χ3n) is 9.96. The van der Waals surface area contributed by atoms with E-state index in [9.17, 15) is 0 Å². The number of pyridine rings is 2. The van der Waals surface area contributed by atoms with Crippen LogP contribution in [-0.4, -0.2) is 37.6 Å². The summed E-state index contributed by atoms with van der Waals surface area (Å²) in [6.45, 7) is 3.70. The van der Waals surface area contributed by atoms with Gasteiger partial charge in [-0.2, -0.15) is 0 Å². The molecule has 0 atom stereocenters. The van der Waals surface area contributed by atoms with Gasteiger partial charge in [0.25, 0.3) is 0 Å². The number of nitrogens with zero attached hydrogens (tertiary/aromatic N) is 6. The van der Waals surface area contributed by atoms with Gasteiger partial charge in [-0.05, 0) is 104 Å². The van der Waals surface area contributed by atoms with Crippen LogP contribution in [0.4, 0.5) is 5.69 Å².